The summed E-state index contributed by atoms with van der Waals surface area (Å²) >= 11 is 1.78. The number of thiophene rings is 1. The van der Waals surface area contributed by atoms with Crippen molar-refractivity contribution in [2.24, 2.45) is 0 Å². The van der Waals surface area contributed by atoms with Crippen molar-refractivity contribution >= 4 is 27.2 Å². The number of aromatic nitrogens is 1. The summed E-state index contributed by atoms with van der Waals surface area (Å²) in [6.07, 6.45) is 1.83. The highest BCUT2D eigenvalue weighted by Crippen LogP contribution is 2.29. The molecule has 2 aromatic rings. The van der Waals surface area contributed by atoms with Gasteiger partial charge in [0.15, 0.2) is 0 Å². The molecule has 0 aliphatic rings. The molecule has 2 nitrogen and oxygen atoms in total. The van der Waals surface area contributed by atoms with E-state index in [1.54, 1.807) is 11.3 Å². The molecular weight excluding hydrogens is 168 g/mol. The summed E-state index contributed by atoms with van der Waals surface area (Å²) in [5, 5.41) is 4.36. The zero-order chi connectivity index (χ0) is 8.55. The second-order valence-electron chi connectivity index (χ2n) is 2.68. The molecule has 2 aromatic heterocycles. The van der Waals surface area contributed by atoms with Crippen LogP contribution in [0.4, 0.5) is 5.82 Å². The Kier molecular flexibility index (Phi) is 1.73. The van der Waals surface area contributed by atoms with Crippen LogP contribution in [0.5, 0.6) is 0 Å². The molecule has 0 radical (unpaired) electrons. The van der Waals surface area contributed by atoms with Gasteiger partial charge in [0.2, 0.25) is 0 Å². The van der Waals surface area contributed by atoms with E-state index in [1.807, 2.05) is 19.3 Å². The standard InChI is InChI=1S/C9H10N2S/c1-6-5-7-3-4-11-9(10-2)8(7)12-6/h3-5H,1-2H3,(H,10,11). The lowest BCUT2D eigenvalue weighted by atomic mass is 10.3. The van der Waals surface area contributed by atoms with Gasteiger partial charge in [-0.1, -0.05) is 0 Å². The van der Waals surface area contributed by atoms with Gasteiger partial charge >= 0.3 is 0 Å². The summed E-state index contributed by atoms with van der Waals surface area (Å²) in [4.78, 5) is 5.57. The largest absolute Gasteiger partial charge is 0.372 e. The molecule has 0 unspecified atom stereocenters. The van der Waals surface area contributed by atoms with Gasteiger partial charge in [-0.05, 0) is 24.4 Å². The Labute approximate surface area is 75.3 Å². The van der Waals surface area contributed by atoms with Crippen LogP contribution in [0, 0.1) is 6.92 Å². The number of hydrogen-bond donors (Lipinski definition) is 1. The van der Waals surface area contributed by atoms with Crippen LogP contribution in [0.25, 0.3) is 10.1 Å². The molecule has 62 valence electrons. The molecule has 0 amide bonds. The van der Waals surface area contributed by atoms with Gasteiger partial charge < -0.3 is 5.32 Å². The molecule has 0 saturated heterocycles. The number of anilines is 1. The first kappa shape index (κ1) is 7.55. The number of aryl methyl sites for hydroxylation is 1. The second kappa shape index (κ2) is 2.75. The topological polar surface area (TPSA) is 24.9 Å². The van der Waals surface area contributed by atoms with E-state index >= 15 is 0 Å². The molecule has 0 fully saturated rings. The van der Waals surface area contributed by atoms with Crippen LogP contribution in [0.15, 0.2) is 18.3 Å². The molecule has 0 aliphatic heterocycles. The first-order valence-electron chi connectivity index (χ1n) is 3.84. The van der Waals surface area contributed by atoms with Crippen LogP contribution < -0.4 is 5.32 Å². The minimum absolute atomic E-state index is 0.977. The maximum absolute atomic E-state index is 4.24. The minimum atomic E-state index is 0.977. The van der Waals surface area contributed by atoms with Crippen molar-refractivity contribution in [3.05, 3.63) is 23.2 Å². The van der Waals surface area contributed by atoms with Crippen LogP contribution in [0.3, 0.4) is 0 Å². The third-order valence-corrected chi connectivity index (χ3v) is 2.87. The summed E-state index contributed by atoms with van der Waals surface area (Å²) in [5.41, 5.74) is 0. The third-order valence-electron chi connectivity index (χ3n) is 1.79. The number of rotatable bonds is 1. The minimum Gasteiger partial charge on any atom is -0.372 e. The quantitative estimate of drug-likeness (QED) is 0.726. The number of nitrogens with one attached hydrogen (secondary N) is 1. The van der Waals surface area contributed by atoms with E-state index in [2.05, 4.69) is 23.3 Å². The van der Waals surface area contributed by atoms with Crippen LogP contribution in [-0.4, -0.2) is 12.0 Å². The summed E-state index contributed by atoms with van der Waals surface area (Å²) in [6.45, 7) is 2.12. The molecule has 0 saturated carbocycles. The second-order valence-corrected chi connectivity index (χ2v) is 3.94. The number of fused-ring (bicyclic) bond motifs is 1. The predicted octanol–water partition coefficient (Wildman–Crippen LogP) is 2.65. The van der Waals surface area contributed by atoms with E-state index in [9.17, 15) is 0 Å². The Morgan fingerprint density at radius 1 is 1.50 bits per heavy atom. The van der Waals surface area contributed by atoms with Crippen molar-refractivity contribution in [3.8, 4) is 0 Å². The number of hydrogen-bond acceptors (Lipinski definition) is 3. The summed E-state index contributed by atoms with van der Waals surface area (Å²) < 4.78 is 1.25. The van der Waals surface area contributed by atoms with Gasteiger partial charge in [0.05, 0.1) is 4.70 Å². The van der Waals surface area contributed by atoms with E-state index in [4.69, 9.17) is 0 Å². The van der Waals surface area contributed by atoms with Crippen molar-refractivity contribution in [2.75, 3.05) is 12.4 Å². The molecule has 0 spiro atoms. The Balaban J connectivity index is 2.78. The van der Waals surface area contributed by atoms with Gasteiger partial charge in [0, 0.05) is 18.1 Å². The SMILES string of the molecule is CNc1nccc2cc(C)sc12. The van der Waals surface area contributed by atoms with E-state index < -0.39 is 0 Å². The van der Waals surface area contributed by atoms with Crippen LogP contribution >= 0.6 is 11.3 Å². The fraction of sp³-hybridized carbons (Fsp3) is 0.222. The summed E-state index contributed by atoms with van der Waals surface area (Å²) in [7, 11) is 1.90. The Hall–Kier alpha value is -1.09. The van der Waals surface area contributed by atoms with E-state index in [1.165, 1.54) is 15.0 Å². The first-order valence-corrected chi connectivity index (χ1v) is 4.66. The van der Waals surface area contributed by atoms with E-state index in [0.717, 1.165) is 5.82 Å². The van der Waals surface area contributed by atoms with Gasteiger partial charge in [-0.2, -0.15) is 0 Å². The van der Waals surface area contributed by atoms with Gasteiger partial charge in [0.25, 0.3) is 0 Å². The highest BCUT2D eigenvalue weighted by Gasteiger charge is 2.02. The smallest absolute Gasteiger partial charge is 0.143 e. The fourth-order valence-corrected chi connectivity index (χ4v) is 2.28. The average molecular weight is 178 g/mol. The number of nitrogens with zero attached hydrogens (tertiary/aromatic N) is 1. The van der Waals surface area contributed by atoms with Crippen molar-refractivity contribution in [2.45, 2.75) is 6.92 Å². The van der Waals surface area contributed by atoms with Gasteiger partial charge in [-0.3, -0.25) is 0 Å². The molecule has 0 atom stereocenters. The number of pyridine rings is 1. The lowest BCUT2D eigenvalue weighted by Crippen LogP contribution is -1.90. The zero-order valence-corrected chi connectivity index (χ0v) is 7.90. The normalized spacial score (nSPS) is 10.5. The highest BCUT2D eigenvalue weighted by atomic mass is 32.1. The molecule has 1 N–H and O–H groups in total. The molecule has 0 bridgehead atoms. The Morgan fingerprint density at radius 3 is 3.08 bits per heavy atom. The predicted molar refractivity (Wildman–Crippen MR) is 53.9 cm³/mol. The highest BCUT2D eigenvalue weighted by molar-refractivity contribution is 7.19. The molecule has 3 heteroatoms. The Morgan fingerprint density at radius 2 is 2.33 bits per heavy atom. The Bertz CT molecular complexity index is 406. The van der Waals surface area contributed by atoms with Crippen molar-refractivity contribution in [1.82, 2.24) is 4.98 Å². The summed E-state index contributed by atoms with van der Waals surface area (Å²) in [6, 6.07) is 4.22. The lowest BCUT2D eigenvalue weighted by Gasteiger charge is -1.97. The molecule has 0 aliphatic carbocycles. The maximum Gasteiger partial charge on any atom is 0.143 e. The first-order chi connectivity index (χ1) is 5.81. The molecule has 2 heterocycles. The average Bonchev–Trinajstić information content (AvgIpc) is 2.44. The summed E-state index contributed by atoms with van der Waals surface area (Å²) in [5.74, 6) is 0.977. The monoisotopic (exact) mass is 178 g/mol. The van der Waals surface area contributed by atoms with Crippen LogP contribution in [0.2, 0.25) is 0 Å². The maximum atomic E-state index is 4.24. The van der Waals surface area contributed by atoms with Crippen LogP contribution in [0.1, 0.15) is 4.88 Å². The molecule has 12 heavy (non-hydrogen) atoms. The molecular formula is C9H10N2S. The van der Waals surface area contributed by atoms with E-state index in [-0.39, 0.29) is 0 Å². The lowest BCUT2D eigenvalue weighted by molar-refractivity contribution is 1.32. The zero-order valence-electron chi connectivity index (χ0n) is 7.09. The molecule has 2 rings (SSSR count). The third kappa shape index (κ3) is 1.06. The van der Waals surface area contributed by atoms with Crippen LogP contribution in [-0.2, 0) is 0 Å². The molecule has 0 aromatic carbocycles. The van der Waals surface area contributed by atoms with Crippen molar-refractivity contribution in [3.63, 3.8) is 0 Å². The van der Waals surface area contributed by atoms with E-state index in [0.29, 0.717) is 0 Å². The van der Waals surface area contributed by atoms with Gasteiger partial charge in [-0.25, -0.2) is 4.98 Å². The fourth-order valence-electron chi connectivity index (χ4n) is 1.27. The van der Waals surface area contributed by atoms with Crippen molar-refractivity contribution < 1.29 is 0 Å². The van der Waals surface area contributed by atoms with Gasteiger partial charge in [-0.15, -0.1) is 11.3 Å². The van der Waals surface area contributed by atoms with Crippen molar-refractivity contribution in [1.29, 1.82) is 0 Å². The van der Waals surface area contributed by atoms with Gasteiger partial charge in [0.1, 0.15) is 5.82 Å².